The molecule has 0 heteroatoms. The normalized spacial score (nSPS) is 26.3. The molecule has 0 nitrogen and oxygen atoms in total. The lowest BCUT2D eigenvalue weighted by atomic mass is 9.69. The minimum atomic E-state index is 0.635. The highest BCUT2D eigenvalue weighted by Gasteiger charge is 2.30. The van der Waals surface area contributed by atoms with Gasteiger partial charge in [0.25, 0.3) is 0 Å². The van der Waals surface area contributed by atoms with Gasteiger partial charge in [0.2, 0.25) is 0 Å². The van der Waals surface area contributed by atoms with E-state index >= 15 is 0 Å². The number of rotatable bonds is 10. The fourth-order valence-electron chi connectivity index (χ4n) is 6.04. The number of hydrogen-bond donors (Lipinski definition) is 0. The molecule has 0 N–H and O–H groups in total. The van der Waals surface area contributed by atoms with Crippen LogP contribution in [0.1, 0.15) is 128 Å². The van der Waals surface area contributed by atoms with E-state index in [0.717, 1.165) is 17.8 Å². The van der Waals surface area contributed by atoms with Gasteiger partial charge in [-0.3, -0.25) is 0 Å². The summed E-state index contributed by atoms with van der Waals surface area (Å²) in [5.41, 5.74) is 2.66. The Morgan fingerprint density at radius 1 is 0.677 bits per heavy atom. The molecule has 0 radical (unpaired) electrons. The molecular weight excluding hydrogens is 372 g/mol. The highest BCUT2D eigenvalue weighted by Crippen LogP contribution is 2.42. The number of unbranched alkanes of at least 4 members (excludes halogenated alkanes) is 5. The highest BCUT2D eigenvalue weighted by molar-refractivity contribution is 5.36. The number of benzene rings is 1. The van der Waals surface area contributed by atoms with Crippen molar-refractivity contribution in [3.8, 4) is 11.8 Å². The van der Waals surface area contributed by atoms with Crippen LogP contribution < -0.4 is 0 Å². The van der Waals surface area contributed by atoms with E-state index in [-0.39, 0.29) is 0 Å². The van der Waals surface area contributed by atoms with Crippen molar-refractivity contribution in [2.45, 2.75) is 123 Å². The Morgan fingerprint density at radius 3 is 1.94 bits per heavy atom. The minimum Gasteiger partial charge on any atom is -0.0945 e. The molecule has 172 valence electrons. The van der Waals surface area contributed by atoms with Crippen LogP contribution in [0.25, 0.3) is 0 Å². The van der Waals surface area contributed by atoms with Gasteiger partial charge >= 0.3 is 0 Å². The first-order valence-corrected chi connectivity index (χ1v) is 13.9. The first-order chi connectivity index (χ1) is 15.3. The summed E-state index contributed by atoms with van der Waals surface area (Å²) in [6, 6.07) is 9.01. The van der Waals surface area contributed by atoms with E-state index in [1.165, 1.54) is 120 Å². The predicted molar refractivity (Wildman–Crippen MR) is 136 cm³/mol. The van der Waals surface area contributed by atoms with Gasteiger partial charge < -0.3 is 0 Å². The van der Waals surface area contributed by atoms with Crippen LogP contribution in [-0.4, -0.2) is 0 Å². The molecule has 3 rings (SSSR count). The minimum absolute atomic E-state index is 0.635. The highest BCUT2D eigenvalue weighted by atomic mass is 14.4. The predicted octanol–water partition coefficient (Wildman–Crippen LogP) is 9.35. The first kappa shape index (κ1) is 24.4. The van der Waals surface area contributed by atoms with Crippen LogP contribution in [-0.2, 0) is 6.42 Å². The van der Waals surface area contributed by atoms with Crippen LogP contribution >= 0.6 is 0 Å². The quantitative estimate of drug-likeness (QED) is 0.261. The third-order valence-corrected chi connectivity index (χ3v) is 8.24. The smallest absolute Gasteiger partial charge is 0.0245 e. The maximum absolute atomic E-state index is 3.62. The van der Waals surface area contributed by atoms with Crippen molar-refractivity contribution in [2.75, 3.05) is 0 Å². The van der Waals surface area contributed by atoms with E-state index in [0.29, 0.717) is 5.92 Å². The Hall–Kier alpha value is -1.22. The van der Waals surface area contributed by atoms with Crippen LogP contribution in [0.3, 0.4) is 0 Å². The molecule has 0 aliphatic heterocycles. The second kappa shape index (κ2) is 14.0. The topological polar surface area (TPSA) is 0 Å². The summed E-state index contributed by atoms with van der Waals surface area (Å²) in [4.78, 5) is 0. The largest absolute Gasteiger partial charge is 0.0945 e. The summed E-state index contributed by atoms with van der Waals surface area (Å²) in [6.45, 7) is 4.57. The van der Waals surface area contributed by atoms with Crippen LogP contribution in [0, 0.1) is 35.5 Å². The molecule has 0 heterocycles. The zero-order valence-corrected chi connectivity index (χ0v) is 20.6. The lowest BCUT2D eigenvalue weighted by Crippen LogP contribution is -2.25. The summed E-state index contributed by atoms with van der Waals surface area (Å²) in [6.07, 6.45) is 24.1. The van der Waals surface area contributed by atoms with Gasteiger partial charge in [0.1, 0.15) is 0 Å². The Balaban J connectivity index is 1.33. The van der Waals surface area contributed by atoms with Crippen molar-refractivity contribution >= 4 is 0 Å². The fraction of sp³-hybridized carbons (Fsp3) is 0.742. The van der Waals surface area contributed by atoms with Gasteiger partial charge in [-0.25, -0.2) is 0 Å². The molecule has 0 aromatic heterocycles. The molecule has 0 unspecified atom stereocenters. The molecule has 0 spiro atoms. The molecule has 1 aromatic carbocycles. The maximum atomic E-state index is 3.62. The van der Waals surface area contributed by atoms with E-state index in [1.807, 2.05) is 0 Å². The van der Waals surface area contributed by atoms with E-state index < -0.39 is 0 Å². The maximum Gasteiger partial charge on any atom is 0.0245 e. The van der Waals surface area contributed by atoms with Gasteiger partial charge in [-0.2, -0.15) is 0 Å². The molecule has 2 aliphatic rings. The third-order valence-electron chi connectivity index (χ3n) is 8.24. The average molecular weight is 421 g/mol. The standard InChI is InChI=1S/C31H48/c1-3-5-7-8-9-11-27-18-22-30(23-19-27)31-24-20-29(21-25-31)17-16-28-14-12-26(13-15-28)10-6-4-2/h12-15,27,29-31H,3-11,18-25H2,1-2H3/t27-,29-,30-,31-. The van der Waals surface area contributed by atoms with Crippen LogP contribution in [0.2, 0.25) is 0 Å². The summed E-state index contributed by atoms with van der Waals surface area (Å²) >= 11 is 0. The Bertz CT molecular complexity index is 642. The molecule has 2 fully saturated rings. The summed E-state index contributed by atoms with van der Waals surface area (Å²) in [7, 11) is 0. The average Bonchev–Trinajstić information content (AvgIpc) is 2.83. The van der Waals surface area contributed by atoms with Crippen molar-refractivity contribution < 1.29 is 0 Å². The van der Waals surface area contributed by atoms with Crippen LogP contribution in [0.4, 0.5) is 0 Å². The van der Waals surface area contributed by atoms with Crippen molar-refractivity contribution in [3.63, 3.8) is 0 Å². The molecule has 0 bridgehead atoms. The summed E-state index contributed by atoms with van der Waals surface area (Å²) in [5, 5.41) is 0. The van der Waals surface area contributed by atoms with Crippen LogP contribution in [0.5, 0.6) is 0 Å². The van der Waals surface area contributed by atoms with Crippen molar-refractivity contribution in [1.82, 2.24) is 0 Å². The molecule has 1 aromatic rings. The molecule has 0 amide bonds. The summed E-state index contributed by atoms with van der Waals surface area (Å²) < 4.78 is 0. The molecule has 2 saturated carbocycles. The lowest BCUT2D eigenvalue weighted by molar-refractivity contribution is 0.153. The Labute approximate surface area is 194 Å². The Morgan fingerprint density at radius 2 is 1.29 bits per heavy atom. The van der Waals surface area contributed by atoms with E-state index in [2.05, 4.69) is 50.0 Å². The van der Waals surface area contributed by atoms with E-state index in [9.17, 15) is 0 Å². The molecule has 2 aliphatic carbocycles. The second-order valence-corrected chi connectivity index (χ2v) is 10.7. The van der Waals surface area contributed by atoms with Gasteiger partial charge in [-0.05, 0) is 86.8 Å². The fourth-order valence-corrected chi connectivity index (χ4v) is 6.04. The lowest BCUT2D eigenvalue weighted by Gasteiger charge is -2.37. The zero-order valence-electron chi connectivity index (χ0n) is 20.6. The number of aryl methyl sites for hydroxylation is 1. The number of hydrogen-bond acceptors (Lipinski definition) is 0. The van der Waals surface area contributed by atoms with Gasteiger partial charge in [0.15, 0.2) is 0 Å². The zero-order chi connectivity index (χ0) is 21.7. The SMILES string of the molecule is CCCCCCC[C@H]1CC[C@H]([C@H]2CC[C@H](C#Cc3ccc(CCCC)cc3)CC2)CC1. The third kappa shape index (κ3) is 8.67. The van der Waals surface area contributed by atoms with E-state index in [4.69, 9.17) is 0 Å². The molecular formula is C31H48. The van der Waals surface area contributed by atoms with Gasteiger partial charge in [-0.1, -0.05) is 95.6 Å². The van der Waals surface area contributed by atoms with E-state index in [1.54, 1.807) is 0 Å². The monoisotopic (exact) mass is 420 g/mol. The van der Waals surface area contributed by atoms with Gasteiger partial charge in [0, 0.05) is 11.5 Å². The second-order valence-electron chi connectivity index (χ2n) is 10.7. The summed E-state index contributed by atoms with van der Waals surface area (Å²) in [5.74, 6) is 10.8. The van der Waals surface area contributed by atoms with Crippen molar-refractivity contribution in [1.29, 1.82) is 0 Å². The van der Waals surface area contributed by atoms with Crippen molar-refractivity contribution in [3.05, 3.63) is 35.4 Å². The molecule has 0 saturated heterocycles. The molecule has 0 atom stereocenters. The van der Waals surface area contributed by atoms with Crippen molar-refractivity contribution in [2.24, 2.45) is 23.7 Å². The van der Waals surface area contributed by atoms with Crippen LogP contribution in [0.15, 0.2) is 24.3 Å². The van der Waals surface area contributed by atoms with Gasteiger partial charge in [0.05, 0.1) is 0 Å². The van der Waals surface area contributed by atoms with Gasteiger partial charge in [-0.15, -0.1) is 0 Å². The Kier molecular flexibility index (Phi) is 11.1. The first-order valence-electron chi connectivity index (χ1n) is 13.9. The molecule has 31 heavy (non-hydrogen) atoms.